The van der Waals surface area contributed by atoms with E-state index in [1.165, 1.54) is 0 Å². The minimum absolute atomic E-state index is 0.414. The molecule has 0 aliphatic carbocycles. The molecule has 1 aromatic carbocycles. The van der Waals surface area contributed by atoms with Crippen molar-refractivity contribution in [2.75, 3.05) is 18.0 Å². The first-order valence-corrected chi connectivity index (χ1v) is 8.47. The summed E-state index contributed by atoms with van der Waals surface area (Å²) >= 11 is 0. The number of tetrazole rings is 1. The van der Waals surface area contributed by atoms with Gasteiger partial charge in [0.05, 0.1) is 11.7 Å². The highest BCUT2D eigenvalue weighted by molar-refractivity contribution is 5.41. The average molecular weight is 323 g/mol. The Hall–Kier alpha value is -2.70. The smallest absolute Gasteiger partial charge is 0.250 e. The molecule has 7 heteroatoms. The predicted octanol–water partition coefficient (Wildman–Crippen LogP) is 2.26. The number of para-hydroxylation sites is 1. The Kier molecular flexibility index (Phi) is 3.98. The quantitative estimate of drug-likeness (QED) is 0.737. The van der Waals surface area contributed by atoms with Crippen LogP contribution in [0.25, 0.3) is 5.69 Å². The monoisotopic (exact) mass is 323 g/mol. The summed E-state index contributed by atoms with van der Waals surface area (Å²) in [5.41, 5.74) is 0.983. The molecule has 1 atom stereocenters. The van der Waals surface area contributed by atoms with E-state index in [9.17, 15) is 0 Å². The molecule has 0 amide bonds. The second kappa shape index (κ2) is 6.43. The van der Waals surface area contributed by atoms with Crippen LogP contribution in [-0.4, -0.2) is 42.8 Å². The molecule has 1 aliphatic heterocycles. The van der Waals surface area contributed by atoms with Gasteiger partial charge >= 0.3 is 0 Å². The van der Waals surface area contributed by atoms with Gasteiger partial charge in [0.15, 0.2) is 0 Å². The van der Waals surface area contributed by atoms with Gasteiger partial charge in [-0.2, -0.15) is 4.68 Å². The molecule has 1 fully saturated rings. The lowest BCUT2D eigenvalue weighted by molar-refractivity contribution is 0.391. The Labute approximate surface area is 140 Å². The summed E-state index contributed by atoms with van der Waals surface area (Å²) in [5.74, 6) is 1.95. The van der Waals surface area contributed by atoms with Crippen LogP contribution in [0.1, 0.15) is 31.6 Å². The van der Waals surface area contributed by atoms with Gasteiger partial charge in [-0.05, 0) is 35.4 Å². The number of aromatic nitrogens is 6. The summed E-state index contributed by atoms with van der Waals surface area (Å²) in [4.78, 5) is 6.74. The molecule has 3 aromatic rings. The molecule has 3 heterocycles. The minimum atomic E-state index is 0.414. The molecule has 0 radical (unpaired) electrons. The van der Waals surface area contributed by atoms with Crippen molar-refractivity contribution in [1.29, 1.82) is 0 Å². The van der Waals surface area contributed by atoms with Crippen molar-refractivity contribution in [3.63, 3.8) is 0 Å². The van der Waals surface area contributed by atoms with E-state index in [2.05, 4.69) is 43.1 Å². The van der Waals surface area contributed by atoms with E-state index in [0.717, 1.165) is 49.8 Å². The van der Waals surface area contributed by atoms with E-state index in [-0.39, 0.29) is 0 Å². The molecule has 2 aromatic heterocycles. The molecule has 0 saturated carbocycles. The summed E-state index contributed by atoms with van der Waals surface area (Å²) in [6.45, 7) is 4.02. The first kappa shape index (κ1) is 14.9. The summed E-state index contributed by atoms with van der Waals surface area (Å²) in [5, 5.41) is 12.4. The lowest BCUT2D eigenvalue weighted by atomic mass is 10.1. The number of hydrogen-bond acceptors (Lipinski definition) is 5. The lowest BCUT2D eigenvalue weighted by Crippen LogP contribution is -2.38. The number of rotatable bonds is 4. The molecule has 1 saturated heterocycles. The number of aryl methyl sites for hydroxylation is 1. The highest BCUT2D eigenvalue weighted by Gasteiger charge is 2.26. The molecule has 7 nitrogen and oxygen atoms in total. The van der Waals surface area contributed by atoms with E-state index in [1.54, 1.807) is 0 Å². The van der Waals surface area contributed by atoms with Gasteiger partial charge < -0.3 is 9.47 Å². The standard InChI is InChI=1S/C17H21N7/c1-2-16-18-10-12-23(16)15-9-6-11-22(13-15)17-19-20-21-24(17)14-7-4-3-5-8-14/h3-5,7-8,10,12,15H,2,6,9,11,13H2,1H3. The third-order valence-corrected chi connectivity index (χ3v) is 4.59. The second-order valence-corrected chi connectivity index (χ2v) is 6.07. The number of imidazole rings is 1. The Morgan fingerprint density at radius 2 is 2.08 bits per heavy atom. The Bertz CT molecular complexity index is 792. The number of anilines is 1. The number of piperidine rings is 1. The maximum Gasteiger partial charge on any atom is 0.250 e. The van der Waals surface area contributed by atoms with Crippen molar-refractivity contribution >= 4 is 5.95 Å². The van der Waals surface area contributed by atoms with Gasteiger partial charge in [-0.15, -0.1) is 0 Å². The van der Waals surface area contributed by atoms with Crippen LogP contribution in [0, 0.1) is 0 Å². The van der Waals surface area contributed by atoms with E-state index >= 15 is 0 Å². The largest absolute Gasteiger partial charge is 0.337 e. The van der Waals surface area contributed by atoms with Crippen LogP contribution < -0.4 is 4.90 Å². The van der Waals surface area contributed by atoms with Crippen molar-refractivity contribution in [3.8, 4) is 5.69 Å². The van der Waals surface area contributed by atoms with Gasteiger partial charge in [0, 0.05) is 31.9 Å². The normalized spacial score (nSPS) is 18.0. The van der Waals surface area contributed by atoms with Crippen LogP contribution in [0.5, 0.6) is 0 Å². The number of nitrogens with zero attached hydrogens (tertiary/aromatic N) is 7. The zero-order valence-corrected chi connectivity index (χ0v) is 13.8. The van der Waals surface area contributed by atoms with Gasteiger partial charge in [-0.3, -0.25) is 0 Å². The van der Waals surface area contributed by atoms with Crippen molar-refractivity contribution in [3.05, 3.63) is 48.5 Å². The van der Waals surface area contributed by atoms with Crippen molar-refractivity contribution in [2.45, 2.75) is 32.2 Å². The second-order valence-electron chi connectivity index (χ2n) is 6.07. The Balaban J connectivity index is 1.61. The maximum atomic E-state index is 4.46. The fraction of sp³-hybridized carbons (Fsp3) is 0.412. The molecular formula is C17H21N7. The van der Waals surface area contributed by atoms with Crippen molar-refractivity contribution in [2.24, 2.45) is 0 Å². The summed E-state index contributed by atoms with van der Waals surface area (Å²) in [7, 11) is 0. The predicted molar refractivity (Wildman–Crippen MR) is 91.2 cm³/mol. The maximum absolute atomic E-state index is 4.46. The van der Waals surface area contributed by atoms with Gasteiger partial charge in [-0.1, -0.05) is 30.2 Å². The Morgan fingerprint density at radius 3 is 2.92 bits per heavy atom. The fourth-order valence-corrected chi connectivity index (χ4v) is 3.43. The molecule has 0 bridgehead atoms. The van der Waals surface area contributed by atoms with Gasteiger partial charge in [0.25, 0.3) is 0 Å². The number of hydrogen-bond donors (Lipinski definition) is 0. The first-order valence-electron chi connectivity index (χ1n) is 8.47. The van der Waals surface area contributed by atoms with Crippen LogP contribution >= 0.6 is 0 Å². The van der Waals surface area contributed by atoms with E-state index < -0.39 is 0 Å². The summed E-state index contributed by atoms with van der Waals surface area (Å²) in [6.07, 6.45) is 7.21. The van der Waals surface area contributed by atoms with Crippen LogP contribution in [0.4, 0.5) is 5.95 Å². The number of benzene rings is 1. The molecule has 0 N–H and O–H groups in total. The van der Waals surface area contributed by atoms with Crippen molar-refractivity contribution < 1.29 is 0 Å². The van der Waals surface area contributed by atoms with Gasteiger partial charge in [-0.25, -0.2) is 4.98 Å². The van der Waals surface area contributed by atoms with Crippen molar-refractivity contribution in [1.82, 2.24) is 29.8 Å². The molecule has 4 rings (SSSR count). The zero-order valence-electron chi connectivity index (χ0n) is 13.8. The lowest BCUT2D eigenvalue weighted by Gasteiger charge is -2.34. The average Bonchev–Trinajstić information content (AvgIpc) is 3.31. The van der Waals surface area contributed by atoms with E-state index in [0.29, 0.717) is 6.04 Å². The zero-order chi connectivity index (χ0) is 16.4. The van der Waals surface area contributed by atoms with Gasteiger partial charge in [0.1, 0.15) is 5.82 Å². The first-order chi connectivity index (χ1) is 11.9. The van der Waals surface area contributed by atoms with E-state index in [1.807, 2.05) is 41.2 Å². The molecule has 124 valence electrons. The van der Waals surface area contributed by atoms with Crippen LogP contribution in [0.2, 0.25) is 0 Å². The fourth-order valence-electron chi connectivity index (χ4n) is 3.43. The van der Waals surface area contributed by atoms with Crippen LogP contribution in [0.3, 0.4) is 0 Å². The molecule has 1 unspecified atom stereocenters. The molecule has 1 aliphatic rings. The topological polar surface area (TPSA) is 64.7 Å². The van der Waals surface area contributed by atoms with E-state index in [4.69, 9.17) is 0 Å². The van der Waals surface area contributed by atoms with Crippen LogP contribution in [0.15, 0.2) is 42.7 Å². The third kappa shape index (κ3) is 2.66. The summed E-state index contributed by atoms with van der Waals surface area (Å²) < 4.78 is 4.12. The third-order valence-electron chi connectivity index (χ3n) is 4.59. The molecule has 0 spiro atoms. The Morgan fingerprint density at radius 1 is 1.21 bits per heavy atom. The summed E-state index contributed by atoms with van der Waals surface area (Å²) in [6, 6.07) is 10.4. The van der Waals surface area contributed by atoms with Crippen LogP contribution in [-0.2, 0) is 6.42 Å². The highest BCUT2D eigenvalue weighted by Crippen LogP contribution is 2.26. The highest BCUT2D eigenvalue weighted by atomic mass is 15.6. The van der Waals surface area contributed by atoms with Gasteiger partial charge in [0.2, 0.25) is 5.95 Å². The molecular weight excluding hydrogens is 302 g/mol. The molecule has 24 heavy (non-hydrogen) atoms. The minimum Gasteiger partial charge on any atom is -0.337 e. The SMILES string of the molecule is CCc1nccn1C1CCCN(c2nnnn2-c2ccccc2)C1.